The molecule has 0 aliphatic heterocycles. The molecule has 304 valence electrons. The second kappa shape index (κ2) is 30.8. The maximum atomic E-state index is 12.4. The van der Waals surface area contributed by atoms with Gasteiger partial charge in [0.15, 0.2) is 0 Å². The lowest BCUT2D eigenvalue weighted by molar-refractivity contribution is -0.134. The lowest BCUT2D eigenvalue weighted by atomic mass is 9.74. The number of phenolic OH excluding ortho intramolecular Hbond substituents is 1. The number of carbonyl (C=O) groups is 1. The highest BCUT2D eigenvalue weighted by Crippen LogP contribution is 2.45. The van der Waals surface area contributed by atoms with Crippen molar-refractivity contribution in [1.82, 2.24) is 0 Å². The van der Waals surface area contributed by atoms with Crippen molar-refractivity contribution in [3.05, 3.63) is 23.3 Å². The predicted octanol–water partition coefficient (Wildman–Crippen LogP) is 16.8. The fourth-order valence-electron chi connectivity index (χ4n) is 8.05. The molecule has 0 amide bonds. The molecule has 1 aromatic rings. The van der Waals surface area contributed by atoms with E-state index in [-0.39, 0.29) is 16.8 Å². The summed E-state index contributed by atoms with van der Waals surface area (Å²) in [4.78, 5) is 12.4. The molecule has 0 aliphatic carbocycles. The number of phenols is 1. The summed E-state index contributed by atoms with van der Waals surface area (Å²) in [6.45, 7) is 15.4. The summed E-state index contributed by atoms with van der Waals surface area (Å²) < 4.78 is 5.80. The minimum absolute atomic E-state index is 0.200. The molecule has 3 nitrogen and oxygen atoms in total. The lowest BCUT2D eigenvalue weighted by Crippen LogP contribution is -2.22. The largest absolute Gasteiger partial charge is 0.507 e. The monoisotopic (exact) mass is 727 g/mol. The third-order valence-electron chi connectivity index (χ3n) is 11.9. The molecule has 0 fully saturated rings. The Balaban J connectivity index is 2.49. The Bertz CT molecular complexity index is 925. The van der Waals surface area contributed by atoms with Gasteiger partial charge in [0.2, 0.25) is 0 Å². The second-order valence-corrected chi connectivity index (χ2v) is 17.9. The molecular weight excluding hydrogens is 637 g/mol. The highest BCUT2D eigenvalue weighted by atomic mass is 16.5. The SMILES string of the molecule is CCCCCCCCCCCCCCCCCC(C)(C)c1cc(OC(=O)CC)cc(C(C)(C)CCCCCCCCCCCCCCCCC)c1O. The van der Waals surface area contributed by atoms with Crippen molar-refractivity contribution >= 4 is 5.97 Å². The van der Waals surface area contributed by atoms with Gasteiger partial charge in [0, 0.05) is 17.5 Å². The zero-order valence-electron chi connectivity index (χ0n) is 36.3. The van der Waals surface area contributed by atoms with Crippen molar-refractivity contribution in [2.75, 3.05) is 0 Å². The van der Waals surface area contributed by atoms with Gasteiger partial charge in [-0.15, -0.1) is 0 Å². The van der Waals surface area contributed by atoms with Crippen LogP contribution < -0.4 is 4.74 Å². The average molecular weight is 727 g/mol. The number of rotatable bonds is 36. The first-order valence-electron chi connectivity index (χ1n) is 23.2. The average Bonchev–Trinajstić information content (AvgIpc) is 3.12. The molecule has 0 heterocycles. The van der Waals surface area contributed by atoms with Gasteiger partial charge in [-0.2, -0.15) is 0 Å². The van der Waals surface area contributed by atoms with Crippen molar-refractivity contribution in [2.45, 2.75) is 271 Å². The summed E-state index contributed by atoms with van der Waals surface area (Å²) in [5, 5.41) is 11.8. The maximum absolute atomic E-state index is 12.4. The van der Waals surface area contributed by atoms with E-state index in [1.807, 2.05) is 19.1 Å². The Labute approximate surface area is 325 Å². The van der Waals surface area contributed by atoms with E-state index in [4.69, 9.17) is 4.74 Å². The van der Waals surface area contributed by atoms with Gasteiger partial charge in [-0.3, -0.25) is 4.79 Å². The van der Waals surface area contributed by atoms with Crippen LogP contribution in [0.5, 0.6) is 11.5 Å². The van der Waals surface area contributed by atoms with Crippen LogP contribution in [-0.4, -0.2) is 11.1 Å². The van der Waals surface area contributed by atoms with Crippen molar-refractivity contribution < 1.29 is 14.6 Å². The van der Waals surface area contributed by atoms with E-state index in [0.29, 0.717) is 17.9 Å². The summed E-state index contributed by atoms with van der Waals surface area (Å²) in [6.07, 6.45) is 43.3. The van der Waals surface area contributed by atoms with Crippen LogP contribution in [0.4, 0.5) is 0 Å². The molecule has 0 radical (unpaired) electrons. The molecule has 52 heavy (non-hydrogen) atoms. The van der Waals surface area contributed by atoms with Gasteiger partial charge in [0.25, 0.3) is 0 Å². The normalized spacial score (nSPS) is 12.1. The van der Waals surface area contributed by atoms with E-state index >= 15 is 0 Å². The number of carbonyl (C=O) groups excluding carboxylic acids is 1. The second-order valence-electron chi connectivity index (χ2n) is 17.9. The van der Waals surface area contributed by atoms with E-state index < -0.39 is 0 Å². The van der Waals surface area contributed by atoms with E-state index in [1.54, 1.807) is 0 Å². The first kappa shape index (κ1) is 48.5. The summed E-state index contributed by atoms with van der Waals surface area (Å²) in [6, 6.07) is 3.89. The number of esters is 1. The van der Waals surface area contributed by atoms with E-state index in [9.17, 15) is 9.90 Å². The van der Waals surface area contributed by atoms with Crippen molar-refractivity contribution in [2.24, 2.45) is 0 Å². The topological polar surface area (TPSA) is 46.5 Å². The van der Waals surface area contributed by atoms with Gasteiger partial charge in [-0.1, -0.05) is 241 Å². The van der Waals surface area contributed by atoms with Crippen LogP contribution in [0.1, 0.15) is 271 Å². The number of hydrogen-bond donors (Lipinski definition) is 1. The first-order valence-corrected chi connectivity index (χ1v) is 23.2. The quantitative estimate of drug-likeness (QED) is 0.0425. The third kappa shape index (κ3) is 23.3. The van der Waals surface area contributed by atoms with Crippen LogP contribution in [0.15, 0.2) is 12.1 Å². The zero-order valence-corrected chi connectivity index (χ0v) is 36.3. The van der Waals surface area contributed by atoms with Gasteiger partial charge in [-0.05, 0) is 35.8 Å². The standard InChI is InChI=1S/C49H90O3/c1-8-11-13-15-17-19-21-23-25-27-29-31-33-35-37-39-48(4,5)44-41-43(52-46(50)10-3)42-45(47(44)51)49(6,7)40-38-36-34-32-30-28-26-24-22-20-18-16-14-12-9-2/h41-42,51H,8-40H2,1-7H3. The Kier molecular flexibility index (Phi) is 28.7. The zero-order chi connectivity index (χ0) is 38.3. The lowest BCUT2D eigenvalue weighted by Gasteiger charge is -2.32. The molecule has 0 bridgehead atoms. The molecule has 0 unspecified atom stereocenters. The Morgan fingerprint density at radius 3 is 0.962 bits per heavy atom. The highest BCUT2D eigenvalue weighted by Gasteiger charge is 2.31. The van der Waals surface area contributed by atoms with Crippen LogP contribution >= 0.6 is 0 Å². The number of unbranched alkanes of at least 4 members (excludes halogenated alkanes) is 28. The minimum Gasteiger partial charge on any atom is -0.507 e. The van der Waals surface area contributed by atoms with E-state index in [1.165, 1.54) is 180 Å². The molecule has 0 spiro atoms. The fourth-order valence-corrected chi connectivity index (χ4v) is 8.05. The summed E-state index contributed by atoms with van der Waals surface area (Å²) in [5.41, 5.74) is 1.46. The molecule has 3 heteroatoms. The smallest absolute Gasteiger partial charge is 0.310 e. The van der Waals surface area contributed by atoms with Crippen molar-refractivity contribution in [3.63, 3.8) is 0 Å². The summed E-state index contributed by atoms with van der Waals surface area (Å²) in [5.74, 6) is 0.778. The summed E-state index contributed by atoms with van der Waals surface area (Å²) in [7, 11) is 0. The fraction of sp³-hybridized carbons (Fsp3) is 0.857. The molecule has 1 aromatic carbocycles. The van der Waals surface area contributed by atoms with Crippen LogP contribution in [0.3, 0.4) is 0 Å². The Morgan fingerprint density at radius 1 is 0.462 bits per heavy atom. The van der Waals surface area contributed by atoms with Crippen LogP contribution in [0.25, 0.3) is 0 Å². The molecule has 0 saturated heterocycles. The van der Waals surface area contributed by atoms with Crippen LogP contribution in [0, 0.1) is 0 Å². The molecule has 0 saturated carbocycles. The van der Waals surface area contributed by atoms with E-state index in [2.05, 4.69) is 41.5 Å². The molecular formula is C49H90O3. The predicted molar refractivity (Wildman–Crippen MR) is 229 cm³/mol. The first-order chi connectivity index (χ1) is 25.1. The molecule has 0 aromatic heterocycles. The third-order valence-corrected chi connectivity index (χ3v) is 11.9. The molecule has 1 N–H and O–H groups in total. The number of aromatic hydroxyl groups is 1. The van der Waals surface area contributed by atoms with Gasteiger partial charge in [0.1, 0.15) is 11.5 Å². The Hall–Kier alpha value is -1.51. The van der Waals surface area contributed by atoms with Gasteiger partial charge in [0.05, 0.1) is 0 Å². The number of benzene rings is 1. The summed E-state index contributed by atoms with van der Waals surface area (Å²) >= 11 is 0. The van der Waals surface area contributed by atoms with E-state index in [0.717, 1.165) is 36.8 Å². The Morgan fingerprint density at radius 2 is 0.712 bits per heavy atom. The molecule has 0 atom stereocenters. The van der Waals surface area contributed by atoms with Crippen LogP contribution in [0.2, 0.25) is 0 Å². The molecule has 0 aliphatic rings. The minimum atomic E-state index is -0.219. The van der Waals surface area contributed by atoms with Crippen LogP contribution in [-0.2, 0) is 15.6 Å². The number of hydrogen-bond acceptors (Lipinski definition) is 3. The van der Waals surface area contributed by atoms with Crippen molar-refractivity contribution in [1.29, 1.82) is 0 Å². The highest BCUT2D eigenvalue weighted by molar-refractivity contribution is 5.72. The van der Waals surface area contributed by atoms with Gasteiger partial charge in [-0.25, -0.2) is 0 Å². The van der Waals surface area contributed by atoms with Gasteiger partial charge >= 0.3 is 5.97 Å². The number of ether oxygens (including phenoxy) is 1. The molecule has 1 rings (SSSR count). The van der Waals surface area contributed by atoms with Crippen molar-refractivity contribution in [3.8, 4) is 11.5 Å². The van der Waals surface area contributed by atoms with Gasteiger partial charge < -0.3 is 9.84 Å². The maximum Gasteiger partial charge on any atom is 0.310 e.